The lowest BCUT2D eigenvalue weighted by atomic mass is 10.0. The molecule has 1 heterocycles. The molecule has 0 atom stereocenters. The van der Waals surface area contributed by atoms with Crippen molar-refractivity contribution in [1.29, 1.82) is 0 Å². The maximum Gasteiger partial charge on any atom is 0.257 e. The second kappa shape index (κ2) is 14.1. The highest BCUT2D eigenvalue weighted by Crippen LogP contribution is 2.15. The van der Waals surface area contributed by atoms with Crippen LogP contribution >= 0.6 is 0 Å². The van der Waals surface area contributed by atoms with Crippen LogP contribution in [-0.2, 0) is 0 Å². The van der Waals surface area contributed by atoms with Gasteiger partial charge < -0.3 is 0 Å². The molecule has 0 fully saturated rings. The van der Waals surface area contributed by atoms with E-state index in [4.69, 9.17) is 0 Å². The van der Waals surface area contributed by atoms with Crippen LogP contribution in [0.15, 0.2) is 41.2 Å². The number of nitrogens with zero attached hydrogens (tertiary/aromatic N) is 1. The summed E-state index contributed by atoms with van der Waals surface area (Å²) in [6.07, 6.45) is 18.6. The first-order chi connectivity index (χ1) is 14.2. The Morgan fingerprint density at radius 3 is 1.79 bits per heavy atom. The highest BCUT2D eigenvalue weighted by molar-refractivity contribution is 5.91. The molecular weight excluding hydrogens is 358 g/mol. The second-order valence-corrected chi connectivity index (χ2v) is 8.31. The van der Waals surface area contributed by atoms with Gasteiger partial charge in [-0.2, -0.15) is 0 Å². The van der Waals surface area contributed by atoms with Gasteiger partial charge in [0.05, 0.1) is 5.52 Å². The van der Waals surface area contributed by atoms with E-state index in [0.29, 0.717) is 6.42 Å². The number of carbonyl (C=O) groups is 1. The van der Waals surface area contributed by atoms with Gasteiger partial charge in [0.1, 0.15) is 0 Å². The van der Waals surface area contributed by atoms with Crippen molar-refractivity contribution in [3.63, 3.8) is 0 Å². The molecule has 3 heteroatoms. The molecule has 0 N–H and O–H groups in total. The molecule has 0 saturated heterocycles. The average Bonchev–Trinajstić information content (AvgIpc) is 2.73. The summed E-state index contributed by atoms with van der Waals surface area (Å²) in [5, 5.41) is 0.932. The van der Waals surface area contributed by atoms with Gasteiger partial charge in [-0.1, -0.05) is 109 Å². The van der Waals surface area contributed by atoms with Crippen LogP contribution in [0.3, 0.4) is 0 Å². The van der Waals surface area contributed by atoms with Gasteiger partial charge >= 0.3 is 0 Å². The van der Waals surface area contributed by atoms with Gasteiger partial charge in [-0.25, -0.2) is 4.57 Å². The Hall–Kier alpha value is -1.90. The fourth-order valence-corrected chi connectivity index (χ4v) is 4.03. The molecule has 0 saturated carbocycles. The van der Waals surface area contributed by atoms with Crippen LogP contribution in [0.4, 0.5) is 0 Å². The number of unbranched alkanes of at least 4 members (excludes halogenated alkanes) is 13. The zero-order valence-corrected chi connectivity index (χ0v) is 18.3. The zero-order chi connectivity index (χ0) is 20.7. The van der Waals surface area contributed by atoms with Crippen molar-refractivity contribution in [1.82, 2.24) is 4.57 Å². The largest absolute Gasteiger partial charge is 0.274 e. The monoisotopic (exact) mass is 397 g/mol. The minimum Gasteiger partial charge on any atom is -0.274 e. The lowest BCUT2D eigenvalue weighted by Gasteiger charge is -2.08. The standard InChI is InChI=1S/C26H39NO2/c1-2-3-4-5-6-7-8-9-10-11-12-13-14-15-20-25(28)27-24-19-17-16-18-23(24)21-22-26(27)29/h16-19,21-22H,2-15,20H2,1H3. The minimum atomic E-state index is -0.223. The van der Waals surface area contributed by atoms with Crippen molar-refractivity contribution in [3.8, 4) is 0 Å². The summed E-state index contributed by atoms with van der Waals surface area (Å²) >= 11 is 0. The Balaban J connectivity index is 1.53. The molecule has 29 heavy (non-hydrogen) atoms. The normalized spacial score (nSPS) is 11.2. The van der Waals surface area contributed by atoms with Gasteiger partial charge in [0.25, 0.3) is 5.56 Å². The van der Waals surface area contributed by atoms with Gasteiger partial charge in [-0.15, -0.1) is 0 Å². The van der Waals surface area contributed by atoms with Crippen LogP contribution in [0.25, 0.3) is 10.9 Å². The fourth-order valence-electron chi connectivity index (χ4n) is 4.03. The number of para-hydroxylation sites is 1. The zero-order valence-electron chi connectivity index (χ0n) is 18.3. The Bertz CT molecular complexity index is 778. The number of aromatic nitrogens is 1. The van der Waals surface area contributed by atoms with Crippen molar-refractivity contribution in [2.75, 3.05) is 0 Å². The summed E-state index contributed by atoms with van der Waals surface area (Å²) in [5.41, 5.74) is 0.495. The van der Waals surface area contributed by atoms with E-state index in [1.165, 1.54) is 87.7 Å². The molecule has 0 spiro atoms. The van der Waals surface area contributed by atoms with Gasteiger partial charge in [0.2, 0.25) is 5.91 Å². The number of fused-ring (bicyclic) bond motifs is 1. The van der Waals surface area contributed by atoms with Crippen LogP contribution < -0.4 is 5.56 Å². The third-order valence-electron chi connectivity index (χ3n) is 5.80. The quantitative estimate of drug-likeness (QED) is 0.292. The van der Waals surface area contributed by atoms with E-state index in [2.05, 4.69) is 6.92 Å². The lowest BCUT2D eigenvalue weighted by Crippen LogP contribution is -2.26. The Morgan fingerprint density at radius 1 is 0.690 bits per heavy atom. The van der Waals surface area contributed by atoms with E-state index in [1.54, 1.807) is 6.07 Å². The maximum absolute atomic E-state index is 12.6. The highest BCUT2D eigenvalue weighted by Gasteiger charge is 2.10. The van der Waals surface area contributed by atoms with Crippen LogP contribution in [0.1, 0.15) is 108 Å². The first-order valence-corrected chi connectivity index (χ1v) is 11.9. The van der Waals surface area contributed by atoms with Gasteiger partial charge in [-0.05, 0) is 23.9 Å². The summed E-state index contributed by atoms with van der Waals surface area (Å²) in [4.78, 5) is 24.7. The molecule has 0 aliphatic heterocycles. The molecule has 0 aliphatic rings. The molecule has 0 amide bonds. The summed E-state index contributed by atoms with van der Waals surface area (Å²) in [6.45, 7) is 2.27. The van der Waals surface area contributed by atoms with E-state index in [1.807, 2.05) is 24.3 Å². The van der Waals surface area contributed by atoms with Crippen molar-refractivity contribution in [2.45, 2.75) is 103 Å². The van der Waals surface area contributed by atoms with Gasteiger partial charge in [0, 0.05) is 12.5 Å². The highest BCUT2D eigenvalue weighted by atomic mass is 16.2. The number of hydrogen-bond donors (Lipinski definition) is 0. The molecule has 0 unspecified atom stereocenters. The van der Waals surface area contributed by atoms with E-state index in [9.17, 15) is 9.59 Å². The van der Waals surface area contributed by atoms with Crippen molar-refractivity contribution < 1.29 is 4.79 Å². The maximum atomic E-state index is 12.6. The fraction of sp³-hybridized carbons (Fsp3) is 0.615. The van der Waals surface area contributed by atoms with Crippen LogP contribution in [0.5, 0.6) is 0 Å². The van der Waals surface area contributed by atoms with E-state index < -0.39 is 0 Å². The smallest absolute Gasteiger partial charge is 0.257 e. The van der Waals surface area contributed by atoms with Gasteiger partial charge in [0.15, 0.2) is 0 Å². The second-order valence-electron chi connectivity index (χ2n) is 8.31. The van der Waals surface area contributed by atoms with Crippen molar-refractivity contribution in [3.05, 3.63) is 46.8 Å². The number of benzene rings is 1. The van der Waals surface area contributed by atoms with Gasteiger partial charge in [-0.3, -0.25) is 9.59 Å². The molecule has 0 radical (unpaired) electrons. The molecule has 160 valence electrons. The molecule has 2 rings (SSSR count). The number of carbonyl (C=O) groups excluding carboxylic acids is 1. The molecule has 1 aromatic carbocycles. The first kappa shape index (κ1) is 23.4. The average molecular weight is 398 g/mol. The molecule has 1 aromatic heterocycles. The summed E-state index contributed by atoms with van der Waals surface area (Å²) in [7, 11) is 0. The number of hydrogen-bond acceptors (Lipinski definition) is 2. The van der Waals surface area contributed by atoms with Crippen molar-refractivity contribution >= 4 is 16.8 Å². The van der Waals surface area contributed by atoms with E-state index >= 15 is 0 Å². The number of rotatable bonds is 15. The minimum absolute atomic E-state index is 0.0780. The van der Waals surface area contributed by atoms with Crippen LogP contribution in [0.2, 0.25) is 0 Å². The summed E-state index contributed by atoms with van der Waals surface area (Å²) in [6, 6.07) is 10.9. The Kier molecular flexibility index (Phi) is 11.4. The molecule has 3 nitrogen and oxygen atoms in total. The van der Waals surface area contributed by atoms with E-state index in [0.717, 1.165) is 23.7 Å². The SMILES string of the molecule is CCCCCCCCCCCCCCCCC(=O)n1c(=O)ccc2ccccc21. The van der Waals surface area contributed by atoms with Crippen molar-refractivity contribution in [2.24, 2.45) is 0 Å². The lowest BCUT2D eigenvalue weighted by molar-refractivity contribution is 0.0900. The molecular formula is C26H39NO2. The predicted octanol–water partition coefficient (Wildman–Crippen LogP) is 7.51. The Labute approximate surface area is 176 Å². The Morgan fingerprint density at radius 2 is 1.21 bits per heavy atom. The van der Waals surface area contributed by atoms with E-state index in [-0.39, 0.29) is 11.5 Å². The molecule has 2 aromatic rings. The summed E-state index contributed by atoms with van der Waals surface area (Å²) in [5.74, 6) is -0.0780. The molecule has 0 aliphatic carbocycles. The van der Waals surface area contributed by atoms with Crippen LogP contribution in [0, 0.1) is 0 Å². The first-order valence-electron chi connectivity index (χ1n) is 11.9. The number of pyridine rings is 1. The third-order valence-corrected chi connectivity index (χ3v) is 5.80. The molecule has 0 bridgehead atoms. The third kappa shape index (κ3) is 8.55. The topological polar surface area (TPSA) is 39.1 Å². The predicted molar refractivity (Wildman–Crippen MR) is 124 cm³/mol. The summed E-state index contributed by atoms with van der Waals surface area (Å²) < 4.78 is 1.34. The van der Waals surface area contributed by atoms with Crippen LogP contribution in [-0.4, -0.2) is 10.5 Å².